The summed E-state index contributed by atoms with van der Waals surface area (Å²) >= 11 is 0. The molecule has 0 bridgehead atoms. The molecule has 49 valence electrons. The van der Waals surface area contributed by atoms with Crippen molar-refractivity contribution in [1.82, 2.24) is 5.32 Å². The second kappa shape index (κ2) is 3.20. The Morgan fingerprint density at radius 1 is 1.75 bits per heavy atom. The third-order valence-electron chi connectivity index (χ3n) is 0.501. The maximum atomic E-state index is 10.0. The van der Waals surface area contributed by atoms with E-state index in [1.54, 1.807) is 6.92 Å². The van der Waals surface area contributed by atoms with Gasteiger partial charge in [0.15, 0.2) is 0 Å². The van der Waals surface area contributed by atoms with E-state index in [0.717, 1.165) is 0 Å². The van der Waals surface area contributed by atoms with E-state index in [1.165, 1.54) is 6.54 Å². The van der Waals surface area contributed by atoms with Gasteiger partial charge in [0.1, 0.15) is 0 Å². The van der Waals surface area contributed by atoms with Crippen molar-refractivity contribution in [3.05, 3.63) is 6.54 Å². The minimum atomic E-state index is -3.82. The molecule has 0 atom stereocenters. The normalized spacial score (nSPS) is 11.9. The predicted molar refractivity (Wildman–Crippen MR) is 30.0 cm³/mol. The Hall–Kier alpha value is 0.110. The number of nitrogens with one attached hydrogen (secondary N) is 1. The van der Waals surface area contributed by atoms with E-state index >= 15 is 0 Å². The first-order valence-corrected chi connectivity index (χ1v) is 3.92. The molecule has 5 heteroatoms. The zero-order chi connectivity index (χ0) is 6.62. The molecule has 0 aliphatic rings. The van der Waals surface area contributed by atoms with Crippen LogP contribution in [0.4, 0.5) is 0 Å². The Bertz CT molecular complexity index is 98.7. The van der Waals surface area contributed by atoms with Crippen LogP contribution in [-0.2, 0) is 4.57 Å². The number of rotatable bonds is 3. The number of hydrogen-bond acceptors (Lipinski definition) is 2. The van der Waals surface area contributed by atoms with Crippen LogP contribution in [0.15, 0.2) is 0 Å². The molecule has 0 unspecified atom stereocenters. The maximum absolute atomic E-state index is 10.0. The van der Waals surface area contributed by atoms with Crippen molar-refractivity contribution < 1.29 is 14.4 Å². The Kier molecular flexibility index (Phi) is 3.24. The zero-order valence-electron chi connectivity index (χ0n) is 4.53. The summed E-state index contributed by atoms with van der Waals surface area (Å²) in [6.45, 7) is 3.15. The highest BCUT2D eigenvalue weighted by molar-refractivity contribution is 7.51. The Labute approximate surface area is 48.1 Å². The van der Waals surface area contributed by atoms with E-state index in [2.05, 4.69) is 5.32 Å². The largest absolute Gasteiger partial charge is 0.339 e. The molecule has 1 radical (unpaired) electrons. The molecule has 0 aromatic carbocycles. The van der Waals surface area contributed by atoms with Crippen LogP contribution in [0.25, 0.3) is 0 Å². The zero-order valence-corrected chi connectivity index (χ0v) is 5.43. The van der Waals surface area contributed by atoms with Gasteiger partial charge in [-0.2, -0.15) is 0 Å². The van der Waals surface area contributed by atoms with Gasteiger partial charge in [0.05, 0.1) is 6.29 Å². The minimum Gasteiger partial charge on any atom is -0.324 e. The van der Waals surface area contributed by atoms with Crippen molar-refractivity contribution >= 4 is 7.60 Å². The summed E-state index contributed by atoms with van der Waals surface area (Å²) in [7, 11) is -3.82. The second-order valence-electron chi connectivity index (χ2n) is 1.32. The van der Waals surface area contributed by atoms with Crippen LogP contribution in [0.1, 0.15) is 6.92 Å². The smallest absolute Gasteiger partial charge is 0.324 e. The average molecular weight is 138 g/mol. The summed E-state index contributed by atoms with van der Waals surface area (Å²) in [5.74, 6) is 0. The quantitative estimate of drug-likeness (QED) is 0.476. The molecule has 3 N–H and O–H groups in total. The molecule has 0 heterocycles. The van der Waals surface area contributed by atoms with Crippen LogP contribution in [0, 0.1) is 6.54 Å². The lowest BCUT2D eigenvalue weighted by Gasteiger charge is -2.01. The van der Waals surface area contributed by atoms with Crippen molar-refractivity contribution in [2.45, 2.75) is 6.92 Å². The first-order valence-electron chi connectivity index (χ1n) is 2.12. The van der Waals surface area contributed by atoms with Crippen LogP contribution in [0.5, 0.6) is 0 Å². The summed E-state index contributed by atoms with van der Waals surface area (Å²) in [5.41, 5.74) is 0. The van der Waals surface area contributed by atoms with Crippen LogP contribution in [0.3, 0.4) is 0 Å². The SMILES string of the molecule is C[CH]NCP(=O)(O)O. The third kappa shape index (κ3) is 6.11. The van der Waals surface area contributed by atoms with E-state index in [-0.39, 0.29) is 6.29 Å². The average Bonchev–Trinajstić information content (AvgIpc) is 1.59. The fraction of sp³-hybridized carbons (Fsp3) is 0.667. The van der Waals surface area contributed by atoms with Crippen molar-refractivity contribution in [3.63, 3.8) is 0 Å². The topological polar surface area (TPSA) is 69.6 Å². The molecule has 0 rings (SSSR count). The fourth-order valence-corrected chi connectivity index (χ4v) is 0.631. The van der Waals surface area contributed by atoms with E-state index < -0.39 is 7.60 Å². The Morgan fingerprint density at radius 3 is 2.38 bits per heavy atom. The van der Waals surface area contributed by atoms with E-state index in [4.69, 9.17) is 9.79 Å². The highest BCUT2D eigenvalue weighted by Crippen LogP contribution is 2.31. The van der Waals surface area contributed by atoms with Gasteiger partial charge in [-0.3, -0.25) is 4.57 Å². The lowest BCUT2D eigenvalue weighted by molar-refractivity contribution is 0.370. The molecular weight excluding hydrogens is 129 g/mol. The van der Waals surface area contributed by atoms with Gasteiger partial charge < -0.3 is 15.1 Å². The molecule has 0 aromatic heterocycles. The second-order valence-corrected chi connectivity index (χ2v) is 2.96. The van der Waals surface area contributed by atoms with E-state index in [0.29, 0.717) is 0 Å². The summed E-state index contributed by atoms with van der Waals surface area (Å²) in [5, 5.41) is 2.40. The van der Waals surface area contributed by atoms with Gasteiger partial charge in [-0.25, -0.2) is 0 Å². The molecule has 4 nitrogen and oxygen atoms in total. The van der Waals surface area contributed by atoms with Crippen LogP contribution >= 0.6 is 7.60 Å². The first-order chi connectivity index (χ1) is 3.56. The maximum Gasteiger partial charge on any atom is 0.339 e. The van der Waals surface area contributed by atoms with Crippen molar-refractivity contribution in [2.75, 3.05) is 6.29 Å². The monoisotopic (exact) mass is 138 g/mol. The highest BCUT2D eigenvalue weighted by atomic mass is 31.2. The predicted octanol–water partition coefficient (Wildman–Crippen LogP) is -0.107. The van der Waals surface area contributed by atoms with Gasteiger partial charge in [0.25, 0.3) is 0 Å². The van der Waals surface area contributed by atoms with Gasteiger partial charge in [-0.1, -0.05) is 0 Å². The molecular formula is C3H9NO3P. The molecule has 0 amide bonds. The van der Waals surface area contributed by atoms with Gasteiger partial charge in [0, 0.05) is 6.54 Å². The first kappa shape index (κ1) is 8.11. The van der Waals surface area contributed by atoms with Crippen molar-refractivity contribution in [1.29, 1.82) is 0 Å². The number of hydrogen-bond donors (Lipinski definition) is 3. The fourth-order valence-electron chi connectivity index (χ4n) is 0.210. The summed E-state index contributed by atoms with van der Waals surface area (Å²) in [4.78, 5) is 16.4. The van der Waals surface area contributed by atoms with Gasteiger partial charge in [-0.05, 0) is 6.92 Å². The molecule has 0 fully saturated rings. The molecule has 0 spiro atoms. The molecule has 0 saturated carbocycles. The minimum absolute atomic E-state index is 0.274. The lowest BCUT2D eigenvalue weighted by atomic mass is 10.8. The van der Waals surface area contributed by atoms with Gasteiger partial charge in [-0.15, -0.1) is 0 Å². The molecule has 0 aromatic rings. The molecule has 0 aliphatic carbocycles. The Morgan fingerprint density at radius 2 is 2.25 bits per heavy atom. The van der Waals surface area contributed by atoms with Crippen molar-refractivity contribution in [2.24, 2.45) is 0 Å². The molecule has 0 saturated heterocycles. The van der Waals surface area contributed by atoms with Crippen LogP contribution < -0.4 is 5.32 Å². The Balaban J connectivity index is 3.26. The lowest BCUT2D eigenvalue weighted by Crippen LogP contribution is -2.09. The van der Waals surface area contributed by atoms with E-state index in [1.807, 2.05) is 0 Å². The summed E-state index contributed by atoms with van der Waals surface area (Å²) in [6, 6.07) is 0. The van der Waals surface area contributed by atoms with E-state index in [9.17, 15) is 4.57 Å². The van der Waals surface area contributed by atoms with Gasteiger partial charge >= 0.3 is 7.60 Å². The third-order valence-corrected chi connectivity index (χ3v) is 1.10. The van der Waals surface area contributed by atoms with Crippen LogP contribution in [0.2, 0.25) is 0 Å². The molecule has 0 aliphatic heterocycles. The summed E-state index contributed by atoms with van der Waals surface area (Å²) in [6.07, 6.45) is -0.274. The summed E-state index contributed by atoms with van der Waals surface area (Å²) < 4.78 is 10.0. The van der Waals surface area contributed by atoms with Crippen LogP contribution in [-0.4, -0.2) is 16.1 Å². The standard InChI is InChI=1S/C3H9NO3P/c1-2-4-3-8(5,6)7/h2,4H,3H2,1H3,(H2,5,6,7). The highest BCUT2D eigenvalue weighted by Gasteiger charge is 2.09. The molecule has 8 heavy (non-hydrogen) atoms. The van der Waals surface area contributed by atoms with Gasteiger partial charge in [0.2, 0.25) is 0 Å². The van der Waals surface area contributed by atoms with Crippen molar-refractivity contribution in [3.8, 4) is 0 Å².